The molecule has 0 aliphatic heterocycles. The van der Waals surface area contributed by atoms with Gasteiger partial charge in [0.2, 0.25) is 21.7 Å². The van der Waals surface area contributed by atoms with Gasteiger partial charge in [0.15, 0.2) is 5.75 Å². The molecule has 5 rings (SSSR count). The molecule has 0 radical (unpaired) electrons. The highest BCUT2D eigenvalue weighted by Crippen LogP contribution is 2.42. The SMILES string of the molecule is CCN(c1cccc(S(=O)(=O)/C=C/OS(=O)(=O)O)c1)c1nc(F)nc(Nc2cc(S(=O)(=O)O)cc3ccc(N=Nc4ccccc4S(=O)(=O)O)c(O)c23)n1. The Kier molecular flexibility index (Phi) is 11.0. The molecule has 0 aliphatic carbocycles. The minimum Gasteiger partial charge on any atom is -0.505 e. The van der Waals surface area contributed by atoms with E-state index in [0.29, 0.717) is 5.41 Å². The molecule has 0 amide bonds. The first-order valence-corrected chi connectivity index (χ1v) is 20.3. The van der Waals surface area contributed by atoms with E-state index in [2.05, 4.69) is 34.7 Å². The van der Waals surface area contributed by atoms with Crippen molar-refractivity contribution in [3.05, 3.63) is 90.5 Å². The van der Waals surface area contributed by atoms with E-state index in [1.807, 2.05) is 0 Å². The van der Waals surface area contributed by atoms with Gasteiger partial charge in [0.1, 0.15) is 22.5 Å². The molecule has 0 aliphatic rings. The van der Waals surface area contributed by atoms with Crippen LogP contribution in [0.1, 0.15) is 6.92 Å². The summed E-state index contributed by atoms with van der Waals surface area (Å²) >= 11 is 0. The summed E-state index contributed by atoms with van der Waals surface area (Å²) < 4.78 is 142. The van der Waals surface area contributed by atoms with Crippen LogP contribution in [0.2, 0.25) is 0 Å². The average molecular weight is 826 g/mol. The third kappa shape index (κ3) is 9.26. The Bertz CT molecular complexity index is 2800. The Morgan fingerprint density at radius 2 is 1.52 bits per heavy atom. The third-order valence-electron chi connectivity index (χ3n) is 7.02. The number of phenolic OH excluding ortho intramolecular Hbond substituents is 1. The lowest BCUT2D eigenvalue weighted by atomic mass is 10.1. The van der Waals surface area contributed by atoms with Crippen LogP contribution in [-0.4, -0.2) is 73.9 Å². The monoisotopic (exact) mass is 825 g/mol. The zero-order chi connectivity index (χ0) is 39.6. The van der Waals surface area contributed by atoms with Gasteiger partial charge in [-0.25, -0.2) is 8.42 Å². The largest absolute Gasteiger partial charge is 0.505 e. The molecule has 20 nitrogen and oxygen atoms in total. The molecule has 284 valence electrons. The van der Waals surface area contributed by atoms with E-state index in [1.165, 1.54) is 47.4 Å². The van der Waals surface area contributed by atoms with Crippen LogP contribution in [0.25, 0.3) is 10.8 Å². The number of azo groups is 1. The molecule has 4 aromatic carbocycles. The predicted molar refractivity (Wildman–Crippen MR) is 187 cm³/mol. The number of anilines is 4. The number of benzene rings is 4. The highest BCUT2D eigenvalue weighted by Gasteiger charge is 2.22. The highest BCUT2D eigenvalue weighted by molar-refractivity contribution is 7.94. The smallest absolute Gasteiger partial charge is 0.445 e. The van der Waals surface area contributed by atoms with E-state index in [-0.39, 0.29) is 51.2 Å². The first-order chi connectivity index (χ1) is 25.2. The van der Waals surface area contributed by atoms with Crippen LogP contribution < -0.4 is 10.2 Å². The second-order valence-corrected chi connectivity index (χ2v) is 16.2. The van der Waals surface area contributed by atoms with Crippen molar-refractivity contribution in [1.29, 1.82) is 0 Å². The van der Waals surface area contributed by atoms with Crippen LogP contribution in [0, 0.1) is 6.08 Å². The van der Waals surface area contributed by atoms with Gasteiger partial charge in [0.05, 0.1) is 20.9 Å². The first-order valence-electron chi connectivity index (χ1n) is 14.6. The van der Waals surface area contributed by atoms with Crippen molar-refractivity contribution in [1.82, 2.24) is 15.0 Å². The topological polar surface area (TPSA) is 305 Å². The average Bonchev–Trinajstić information content (AvgIpc) is 3.07. The lowest BCUT2D eigenvalue weighted by Gasteiger charge is -2.22. The standard InChI is InChI=1S/C29H24FN7O13S4/c1-2-37(18-6-5-7-19(15-18)51(39,40)13-12-50-54(47,48)49)29-33-27(30)32-28(34-29)31-23-16-20(52(41,42)43)14-17-10-11-22(26(38)25(17)23)36-35-21-8-3-4-9-24(21)53(44,45)46/h3-16,38H,2H2,1H3,(H,41,42,43)(H,44,45,46)(H,47,48,49)(H,31,32,33,34)/b13-12+,36-35?. The molecule has 0 saturated carbocycles. The predicted octanol–water partition coefficient (Wildman–Crippen LogP) is 4.74. The van der Waals surface area contributed by atoms with Crippen LogP contribution in [0.4, 0.5) is 39.0 Å². The van der Waals surface area contributed by atoms with E-state index >= 15 is 0 Å². The number of fused-ring (bicyclic) bond motifs is 1. The molecule has 0 fully saturated rings. The normalized spacial score (nSPS) is 12.8. The molecule has 0 unspecified atom stereocenters. The zero-order valence-electron chi connectivity index (χ0n) is 26.9. The number of halogens is 1. The minimum absolute atomic E-state index is 0.00879. The van der Waals surface area contributed by atoms with Crippen LogP contribution in [0.3, 0.4) is 0 Å². The van der Waals surface area contributed by atoms with Crippen molar-refractivity contribution in [3.8, 4) is 5.75 Å². The maximum Gasteiger partial charge on any atom is 0.445 e. The summed E-state index contributed by atoms with van der Waals surface area (Å²) in [6.45, 7) is 1.56. The molecule has 25 heteroatoms. The second-order valence-electron chi connectivity index (χ2n) is 10.6. The summed E-state index contributed by atoms with van der Waals surface area (Å²) in [6, 6.07) is 14.3. The van der Waals surface area contributed by atoms with E-state index in [4.69, 9.17) is 4.55 Å². The van der Waals surface area contributed by atoms with Gasteiger partial charge in [-0.3, -0.25) is 13.7 Å². The molecule has 0 saturated heterocycles. The van der Waals surface area contributed by atoms with Crippen molar-refractivity contribution < 1.29 is 61.0 Å². The molecular formula is C29H24FN7O13S4. The second kappa shape index (κ2) is 15.0. The lowest BCUT2D eigenvalue weighted by molar-refractivity contribution is 0.356. The maximum atomic E-state index is 15.0. The zero-order valence-corrected chi connectivity index (χ0v) is 30.2. The van der Waals surface area contributed by atoms with E-state index in [1.54, 1.807) is 6.92 Å². The van der Waals surface area contributed by atoms with E-state index < -0.39 is 74.0 Å². The van der Waals surface area contributed by atoms with Gasteiger partial charge in [-0.15, -0.1) is 10.2 Å². The lowest BCUT2D eigenvalue weighted by Crippen LogP contribution is -2.21. The molecule has 5 aromatic rings. The van der Waals surface area contributed by atoms with Crippen LogP contribution in [-0.2, 0) is 44.7 Å². The summed E-state index contributed by atoms with van der Waals surface area (Å²) in [7, 11) is -18.9. The Hall–Kier alpha value is -5.70. The van der Waals surface area contributed by atoms with Gasteiger partial charge in [-0.2, -0.15) is 44.6 Å². The van der Waals surface area contributed by atoms with Gasteiger partial charge >= 0.3 is 16.5 Å². The quantitative estimate of drug-likeness (QED) is 0.0608. The Morgan fingerprint density at radius 3 is 2.19 bits per heavy atom. The highest BCUT2D eigenvalue weighted by atomic mass is 32.3. The number of hydrogen-bond donors (Lipinski definition) is 5. The van der Waals surface area contributed by atoms with Crippen molar-refractivity contribution in [2.45, 2.75) is 21.6 Å². The fraction of sp³-hybridized carbons (Fsp3) is 0.0690. The summed E-state index contributed by atoms with van der Waals surface area (Å²) in [6.07, 6.45) is -1.14. The number of sulfone groups is 1. The Morgan fingerprint density at radius 1 is 0.815 bits per heavy atom. The van der Waals surface area contributed by atoms with Gasteiger partial charge in [0.25, 0.3) is 20.2 Å². The van der Waals surface area contributed by atoms with Gasteiger partial charge in [-0.05, 0) is 60.8 Å². The molecule has 5 N–H and O–H groups in total. The number of aromatic hydroxyl groups is 1. The van der Waals surface area contributed by atoms with E-state index in [9.17, 15) is 52.3 Å². The molecule has 0 atom stereocenters. The molecular weight excluding hydrogens is 802 g/mol. The van der Waals surface area contributed by atoms with Crippen molar-refractivity contribution in [3.63, 3.8) is 0 Å². The number of rotatable bonds is 13. The number of nitrogens with one attached hydrogen (secondary N) is 1. The number of aromatic nitrogens is 3. The summed E-state index contributed by atoms with van der Waals surface area (Å²) in [4.78, 5) is 11.0. The van der Waals surface area contributed by atoms with Gasteiger partial charge in [0, 0.05) is 17.6 Å². The third-order valence-corrected chi connectivity index (χ3v) is 10.5. The number of hydrogen-bond acceptors (Lipinski definition) is 17. The summed E-state index contributed by atoms with van der Waals surface area (Å²) in [5, 5.41) is 21.7. The molecule has 1 heterocycles. The molecule has 54 heavy (non-hydrogen) atoms. The number of nitrogens with zero attached hydrogens (tertiary/aromatic N) is 6. The van der Waals surface area contributed by atoms with Crippen LogP contribution in [0.15, 0.2) is 109 Å². The fourth-order valence-corrected chi connectivity index (χ4v) is 7.10. The molecule has 0 bridgehead atoms. The first kappa shape index (κ1) is 39.5. The van der Waals surface area contributed by atoms with Crippen molar-refractivity contribution in [2.75, 3.05) is 16.8 Å². The van der Waals surface area contributed by atoms with Crippen LogP contribution >= 0.6 is 0 Å². The minimum atomic E-state index is -4.98. The van der Waals surface area contributed by atoms with Gasteiger partial charge < -0.3 is 19.5 Å². The van der Waals surface area contributed by atoms with Crippen molar-refractivity contribution in [2.24, 2.45) is 10.2 Å². The van der Waals surface area contributed by atoms with Gasteiger partial charge in [-0.1, -0.05) is 24.3 Å². The van der Waals surface area contributed by atoms with Crippen molar-refractivity contribution >= 4 is 85.9 Å². The summed E-state index contributed by atoms with van der Waals surface area (Å²) in [5.74, 6) is -1.64. The molecule has 1 aromatic heterocycles. The summed E-state index contributed by atoms with van der Waals surface area (Å²) in [5.41, 5.74) is -0.816. The molecule has 0 spiro atoms. The Labute approximate surface area is 305 Å². The Balaban J connectivity index is 1.58. The van der Waals surface area contributed by atoms with E-state index in [0.717, 1.165) is 30.3 Å². The fourth-order valence-electron chi connectivity index (χ4n) is 4.75. The maximum absolute atomic E-state index is 15.0. The van der Waals surface area contributed by atoms with Crippen LogP contribution in [0.5, 0.6) is 5.75 Å². The number of phenols is 1.